The second-order valence-corrected chi connectivity index (χ2v) is 7.53. The molecule has 9 heteroatoms. The maximum Gasteiger partial charge on any atom is 0.254 e. The minimum atomic E-state index is -0.148. The first-order chi connectivity index (χ1) is 15.6. The second kappa shape index (κ2) is 9.78. The van der Waals surface area contributed by atoms with Crippen molar-refractivity contribution in [2.45, 2.75) is 0 Å². The van der Waals surface area contributed by atoms with Gasteiger partial charge in [-0.3, -0.25) is 14.5 Å². The largest absolute Gasteiger partial charge is 0.493 e. The standard InChI is InChI=1S/C23H27N3O6/c1-29-18-5-4-17(14-20(18)30-2)23(28)26-11-9-25(10-12-26)8-7-24-22(27)16-3-6-19-21(13-16)32-15-31-19/h3-6,13-14H,7-12,15H2,1-2H3,(H,24,27). The van der Waals surface area contributed by atoms with Crippen LogP contribution in [-0.2, 0) is 0 Å². The highest BCUT2D eigenvalue weighted by atomic mass is 16.7. The van der Waals surface area contributed by atoms with Crippen molar-refractivity contribution in [2.24, 2.45) is 0 Å². The van der Waals surface area contributed by atoms with E-state index in [9.17, 15) is 9.59 Å². The number of carbonyl (C=O) groups is 2. The smallest absolute Gasteiger partial charge is 0.254 e. The van der Waals surface area contributed by atoms with Crippen LogP contribution in [0.2, 0.25) is 0 Å². The summed E-state index contributed by atoms with van der Waals surface area (Å²) in [5, 5.41) is 2.94. The lowest BCUT2D eigenvalue weighted by Crippen LogP contribution is -2.50. The van der Waals surface area contributed by atoms with Gasteiger partial charge >= 0.3 is 0 Å². The van der Waals surface area contributed by atoms with Crippen LogP contribution in [0.3, 0.4) is 0 Å². The van der Waals surface area contributed by atoms with Crippen molar-refractivity contribution in [1.82, 2.24) is 15.1 Å². The maximum absolute atomic E-state index is 12.8. The van der Waals surface area contributed by atoms with E-state index in [1.54, 1.807) is 50.6 Å². The van der Waals surface area contributed by atoms with Gasteiger partial charge in [-0.05, 0) is 36.4 Å². The zero-order valence-electron chi connectivity index (χ0n) is 18.3. The first kappa shape index (κ1) is 21.8. The zero-order chi connectivity index (χ0) is 22.5. The molecular weight excluding hydrogens is 414 g/mol. The van der Waals surface area contributed by atoms with Gasteiger partial charge in [0.25, 0.3) is 11.8 Å². The zero-order valence-corrected chi connectivity index (χ0v) is 18.3. The minimum Gasteiger partial charge on any atom is -0.493 e. The average Bonchev–Trinajstić information content (AvgIpc) is 3.31. The number of piperazine rings is 1. The molecule has 0 radical (unpaired) electrons. The number of amides is 2. The maximum atomic E-state index is 12.8. The van der Waals surface area contributed by atoms with Crippen molar-refractivity contribution in [2.75, 3.05) is 60.3 Å². The minimum absolute atomic E-state index is 0.0262. The molecule has 2 aliphatic heterocycles. The van der Waals surface area contributed by atoms with E-state index in [1.807, 2.05) is 4.90 Å². The molecule has 2 heterocycles. The number of ether oxygens (including phenoxy) is 4. The van der Waals surface area contributed by atoms with Gasteiger partial charge in [0, 0.05) is 50.4 Å². The van der Waals surface area contributed by atoms with Crippen LogP contribution in [0.4, 0.5) is 0 Å². The summed E-state index contributed by atoms with van der Waals surface area (Å²) in [6.07, 6.45) is 0. The Morgan fingerprint density at radius 1 is 0.906 bits per heavy atom. The Morgan fingerprint density at radius 2 is 1.62 bits per heavy atom. The van der Waals surface area contributed by atoms with Crippen molar-refractivity contribution in [3.8, 4) is 23.0 Å². The third kappa shape index (κ3) is 4.72. The van der Waals surface area contributed by atoms with Crippen LogP contribution in [0.5, 0.6) is 23.0 Å². The van der Waals surface area contributed by atoms with Crippen molar-refractivity contribution < 1.29 is 28.5 Å². The third-order valence-electron chi connectivity index (χ3n) is 5.64. The molecule has 0 aromatic heterocycles. The van der Waals surface area contributed by atoms with Gasteiger partial charge in [0.1, 0.15) is 0 Å². The number of hydrogen-bond donors (Lipinski definition) is 1. The van der Waals surface area contributed by atoms with Gasteiger partial charge in [-0.25, -0.2) is 0 Å². The van der Waals surface area contributed by atoms with Crippen LogP contribution in [-0.4, -0.2) is 81.9 Å². The van der Waals surface area contributed by atoms with Crippen molar-refractivity contribution in [3.63, 3.8) is 0 Å². The first-order valence-electron chi connectivity index (χ1n) is 10.5. The van der Waals surface area contributed by atoms with Crippen molar-refractivity contribution in [3.05, 3.63) is 47.5 Å². The van der Waals surface area contributed by atoms with Crippen LogP contribution in [0, 0.1) is 0 Å². The van der Waals surface area contributed by atoms with Gasteiger partial charge in [0.05, 0.1) is 14.2 Å². The van der Waals surface area contributed by atoms with Crippen molar-refractivity contribution in [1.29, 1.82) is 0 Å². The van der Waals surface area contributed by atoms with Gasteiger partial charge in [0.2, 0.25) is 6.79 Å². The molecule has 2 aliphatic rings. The summed E-state index contributed by atoms with van der Waals surface area (Å²) in [5.74, 6) is 2.20. The Kier molecular flexibility index (Phi) is 6.65. The summed E-state index contributed by atoms with van der Waals surface area (Å²) in [4.78, 5) is 29.3. The number of rotatable bonds is 7. The van der Waals surface area contributed by atoms with Gasteiger partial charge in [-0.15, -0.1) is 0 Å². The molecule has 0 bridgehead atoms. The molecule has 0 atom stereocenters. The number of methoxy groups -OCH3 is 2. The number of nitrogens with one attached hydrogen (secondary N) is 1. The molecule has 0 saturated carbocycles. The van der Waals surface area contributed by atoms with Crippen LogP contribution in [0.15, 0.2) is 36.4 Å². The van der Waals surface area contributed by atoms with E-state index in [4.69, 9.17) is 18.9 Å². The van der Waals surface area contributed by atoms with E-state index in [0.29, 0.717) is 60.3 Å². The van der Waals surface area contributed by atoms with E-state index < -0.39 is 0 Å². The fourth-order valence-corrected chi connectivity index (χ4v) is 3.79. The molecule has 32 heavy (non-hydrogen) atoms. The molecule has 2 amide bonds. The second-order valence-electron chi connectivity index (χ2n) is 7.53. The summed E-state index contributed by atoms with van der Waals surface area (Å²) < 4.78 is 21.1. The fourth-order valence-electron chi connectivity index (χ4n) is 3.79. The lowest BCUT2D eigenvalue weighted by atomic mass is 10.1. The lowest BCUT2D eigenvalue weighted by Gasteiger charge is -2.34. The monoisotopic (exact) mass is 441 g/mol. The van der Waals surface area contributed by atoms with Crippen LogP contribution >= 0.6 is 0 Å². The third-order valence-corrected chi connectivity index (χ3v) is 5.64. The highest BCUT2D eigenvalue weighted by molar-refractivity contribution is 5.95. The van der Waals surface area contributed by atoms with E-state index in [2.05, 4.69) is 10.2 Å². The molecule has 1 N–H and O–H groups in total. The predicted molar refractivity (Wildman–Crippen MR) is 117 cm³/mol. The topological polar surface area (TPSA) is 89.6 Å². The molecule has 1 saturated heterocycles. The molecule has 4 rings (SSSR count). The Morgan fingerprint density at radius 3 is 2.38 bits per heavy atom. The van der Waals surface area contributed by atoms with Crippen LogP contribution in [0.25, 0.3) is 0 Å². The average molecular weight is 441 g/mol. The number of carbonyl (C=O) groups excluding carboxylic acids is 2. The van der Waals surface area contributed by atoms with E-state index in [0.717, 1.165) is 13.1 Å². The number of fused-ring (bicyclic) bond motifs is 1. The Labute approximate surface area is 186 Å². The fraction of sp³-hybridized carbons (Fsp3) is 0.391. The highest BCUT2D eigenvalue weighted by Crippen LogP contribution is 2.32. The molecule has 1 fully saturated rings. The van der Waals surface area contributed by atoms with Gasteiger partial charge in [-0.1, -0.05) is 0 Å². The lowest BCUT2D eigenvalue weighted by molar-refractivity contribution is 0.0637. The Balaban J connectivity index is 1.23. The first-order valence-corrected chi connectivity index (χ1v) is 10.5. The van der Waals surface area contributed by atoms with E-state index >= 15 is 0 Å². The molecule has 0 aliphatic carbocycles. The number of hydrogen-bond acceptors (Lipinski definition) is 7. The molecule has 2 aromatic carbocycles. The highest BCUT2D eigenvalue weighted by Gasteiger charge is 2.23. The van der Waals surface area contributed by atoms with Crippen LogP contribution in [0.1, 0.15) is 20.7 Å². The summed E-state index contributed by atoms with van der Waals surface area (Å²) >= 11 is 0. The van der Waals surface area contributed by atoms with Gasteiger partial charge < -0.3 is 29.2 Å². The summed E-state index contributed by atoms with van der Waals surface area (Å²) in [6, 6.07) is 10.4. The summed E-state index contributed by atoms with van der Waals surface area (Å²) in [6.45, 7) is 4.18. The summed E-state index contributed by atoms with van der Waals surface area (Å²) in [5.41, 5.74) is 1.12. The van der Waals surface area contributed by atoms with Gasteiger partial charge in [0.15, 0.2) is 23.0 Å². The molecule has 9 nitrogen and oxygen atoms in total. The van der Waals surface area contributed by atoms with Gasteiger partial charge in [-0.2, -0.15) is 0 Å². The van der Waals surface area contributed by atoms with Crippen molar-refractivity contribution >= 4 is 11.8 Å². The molecule has 2 aromatic rings. The Bertz CT molecular complexity index is 988. The molecule has 170 valence electrons. The number of benzene rings is 2. The van der Waals surface area contributed by atoms with Crippen LogP contribution < -0.4 is 24.3 Å². The van der Waals surface area contributed by atoms with E-state index in [-0.39, 0.29) is 18.6 Å². The normalized spacial score (nSPS) is 15.4. The number of nitrogens with zero attached hydrogens (tertiary/aromatic N) is 2. The SMILES string of the molecule is COc1ccc(C(=O)N2CCN(CCNC(=O)c3ccc4c(c3)OCO4)CC2)cc1OC. The molecule has 0 spiro atoms. The summed E-state index contributed by atoms with van der Waals surface area (Å²) in [7, 11) is 3.12. The predicted octanol–water partition coefficient (Wildman–Crippen LogP) is 1.62. The molecule has 0 unspecified atom stereocenters. The quantitative estimate of drug-likeness (QED) is 0.698. The molecular formula is C23H27N3O6. The van der Waals surface area contributed by atoms with E-state index in [1.165, 1.54) is 0 Å². The Hall–Kier alpha value is -3.46.